The Labute approximate surface area is 228 Å². The molecule has 18 heteroatoms. The second-order valence-electron chi connectivity index (χ2n) is 8.41. The number of aromatic nitrogens is 3. The van der Waals surface area contributed by atoms with Gasteiger partial charge in [-0.1, -0.05) is 10.3 Å². The maximum absolute atomic E-state index is 13.8. The summed E-state index contributed by atoms with van der Waals surface area (Å²) in [5, 5.41) is 41.5. The number of halogens is 3. The average molecular weight is 581 g/mol. The van der Waals surface area contributed by atoms with E-state index in [1.165, 1.54) is 18.2 Å². The largest absolute Gasteiger partial charge is 0.439 e. The lowest BCUT2D eigenvalue weighted by Gasteiger charge is -2.13. The molecule has 0 atom stereocenters. The van der Waals surface area contributed by atoms with E-state index in [-0.39, 0.29) is 39.7 Å². The normalized spacial score (nSPS) is 11.3. The maximum atomic E-state index is 13.8. The van der Waals surface area contributed by atoms with Crippen LogP contribution in [0.15, 0.2) is 62.4 Å². The van der Waals surface area contributed by atoms with Crippen molar-refractivity contribution in [3.63, 3.8) is 0 Å². The van der Waals surface area contributed by atoms with Gasteiger partial charge in [-0.3, -0.25) is 34.5 Å². The smallest absolute Gasteiger partial charge is 0.355 e. The monoisotopic (exact) mass is 581 g/mol. The Balaban J connectivity index is 1.61. The Hall–Kier alpha value is -6.38. The lowest BCUT2D eigenvalue weighted by Crippen LogP contribution is -2.14. The quantitative estimate of drug-likeness (QED) is 0.205. The number of H-pyrrole nitrogens is 1. The van der Waals surface area contributed by atoms with Crippen LogP contribution in [-0.4, -0.2) is 31.1 Å². The average Bonchev–Trinajstić information content (AvgIpc) is 3.57. The van der Waals surface area contributed by atoms with E-state index < -0.39 is 61.4 Å². The van der Waals surface area contributed by atoms with Crippen molar-refractivity contribution in [2.45, 2.75) is 6.18 Å². The van der Waals surface area contributed by atoms with Crippen molar-refractivity contribution in [3.05, 3.63) is 96.1 Å². The minimum absolute atomic E-state index is 0.00604. The predicted molar refractivity (Wildman–Crippen MR) is 133 cm³/mol. The van der Waals surface area contributed by atoms with Gasteiger partial charge in [-0.15, -0.1) is 0 Å². The Bertz CT molecular complexity index is 2040. The molecule has 5 aromatic rings. The van der Waals surface area contributed by atoms with Crippen LogP contribution in [0.2, 0.25) is 0 Å². The fourth-order valence-corrected chi connectivity index (χ4v) is 4.06. The van der Waals surface area contributed by atoms with Gasteiger partial charge in [-0.2, -0.15) is 18.4 Å². The molecule has 42 heavy (non-hydrogen) atoms. The van der Waals surface area contributed by atoms with E-state index in [1.807, 2.05) is 6.07 Å². The highest BCUT2D eigenvalue weighted by Crippen LogP contribution is 2.43. The van der Waals surface area contributed by atoms with E-state index in [2.05, 4.69) is 25.1 Å². The van der Waals surface area contributed by atoms with Gasteiger partial charge < -0.3 is 9.84 Å². The van der Waals surface area contributed by atoms with Crippen LogP contribution in [0, 0.1) is 31.6 Å². The van der Waals surface area contributed by atoms with Crippen molar-refractivity contribution in [1.82, 2.24) is 15.3 Å². The zero-order chi connectivity index (χ0) is 30.3. The topological polar surface area (TPSA) is 224 Å². The summed E-state index contributed by atoms with van der Waals surface area (Å²) in [7, 11) is 0. The number of nitrogens with zero attached hydrogens (tertiary/aromatic N) is 5. The zero-order valence-electron chi connectivity index (χ0n) is 20.3. The Kier molecular flexibility index (Phi) is 6.46. The van der Waals surface area contributed by atoms with E-state index in [4.69, 9.17) is 4.52 Å². The molecule has 0 saturated heterocycles. The second kappa shape index (κ2) is 9.98. The van der Waals surface area contributed by atoms with Crippen LogP contribution in [0.3, 0.4) is 0 Å². The molecule has 1 amide bonds. The molecular weight excluding hydrogens is 571 g/mol. The number of hydrogen-bond donors (Lipinski definition) is 2. The summed E-state index contributed by atoms with van der Waals surface area (Å²) < 4.78 is 51.0. The molecule has 0 saturated carbocycles. The van der Waals surface area contributed by atoms with E-state index in [0.717, 1.165) is 24.3 Å². The highest BCUT2D eigenvalue weighted by molar-refractivity contribution is 6.12. The van der Waals surface area contributed by atoms with Crippen LogP contribution in [-0.2, 0) is 6.18 Å². The lowest BCUT2D eigenvalue weighted by atomic mass is 9.96. The molecule has 0 aliphatic rings. The standard InChI is InChI=1S/C24H10F3N7O8/c25-24(26,27)16-6-11(33(37)38)2-3-12(16)13-8-19-15(7-18(13)34(39)40)20(31-41-19)22(35)29-17-4-1-10(9-28)5-14(17)21-30-23(36)42-32-21/h1-8H,(H,29,35)(H,30,32,36). The third-order valence-corrected chi connectivity index (χ3v) is 5.90. The summed E-state index contributed by atoms with van der Waals surface area (Å²) in [6, 6.07) is 9.17. The molecule has 2 aromatic heterocycles. The van der Waals surface area contributed by atoms with Gasteiger partial charge in [0.2, 0.25) is 0 Å². The third kappa shape index (κ3) is 4.88. The van der Waals surface area contributed by atoms with Gasteiger partial charge in [-0.05, 0) is 30.3 Å². The minimum Gasteiger partial charge on any atom is -0.355 e. The highest BCUT2D eigenvalue weighted by atomic mass is 19.4. The van der Waals surface area contributed by atoms with E-state index in [1.54, 1.807) is 0 Å². The van der Waals surface area contributed by atoms with Crippen LogP contribution in [0.25, 0.3) is 33.5 Å². The summed E-state index contributed by atoms with van der Waals surface area (Å²) in [4.78, 5) is 47.8. The van der Waals surface area contributed by atoms with Crippen LogP contribution in [0.5, 0.6) is 0 Å². The molecule has 0 radical (unpaired) electrons. The number of hydrogen-bond acceptors (Lipinski definition) is 11. The molecule has 2 N–H and O–H groups in total. The van der Waals surface area contributed by atoms with Gasteiger partial charge in [0.15, 0.2) is 17.1 Å². The SMILES string of the molecule is N#Cc1ccc(NC(=O)c2noc3cc(-c4ccc([N+](=O)[O-])cc4C(F)(F)F)c([N+](=O)[O-])cc23)c(-c2noc(=O)[nH]2)c1. The predicted octanol–water partition coefficient (Wildman–Crippen LogP) is 4.80. The first kappa shape index (κ1) is 27.2. The summed E-state index contributed by atoms with van der Waals surface area (Å²) >= 11 is 0. The molecule has 0 aliphatic carbocycles. The number of nitrogens with one attached hydrogen (secondary N) is 2. The first-order valence-corrected chi connectivity index (χ1v) is 11.2. The molecule has 210 valence electrons. The molecule has 0 unspecified atom stereocenters. The van der Waals surface area contributed by atoms with Gasteiger partial charge in [-0.25, -0.2) is 4.79 Å². The van der Waals surface area contributed by atoms with Crippen LogP contribution in [0.1, 0.15) is 21.6 Å². The number of nitro groups is 2. The Morgan fingerprint density at radius 3 is 2.36 bits per heavy atom. The maximum Gasteiger partial charge on any atom is 0.439 e. The van der Waals surface area contributed by atoms with Gasteiger partial charge >= 0.3 is 11.9 Å². The van der Waals surface area contributed by atoms with Crippen molar-refractivity contribution >= 4 is 33.9 Å². The lowest BCUT2D eigenvalue weighted by molar-refractivity contribution is -0.385. The number of aromatic amines is 1. The fourth-order valence-electron chi connectivity index (χ4n) is 4.06. The first-order valence-electron chi connectivity index (χ1n) is 11.2. The number of rotatable bonds is 6. The van der Waals surface area contributed by atoms with Crippen molar-refractivity contribution in [1.29, 1.82) is 5.26 Å². The molecule has 0 spiro atoms. The van der Waals surface area contributed by atoms with Gasteiger partial charge in [0.1, 0.15) is 0 Å². The van der Waals surface area contributed by atoms with E-state index >= 15 is 0 Å². The summed E-state index contributed by atoms with van der Waals surface area (Å²) in [5.41, 5.74) is -5.21. The number of anilines is 1. The summed E-state index contributed by atoms with van der Waals surface area (Å²) in [5.74, 6) is -2.04. The van der Waals surface area contributed by atoms with Crippen molar-refractivity contribution in [2.24, 2.45) is 0 Å². The van der Waals surface area contributed by atoms with Gasteiger partial charge in [0.05, 0.1) is 43.7 Å². The summed E-state index contributed by atoms with van der Waals surface area (Å²) in [6.07, 6.45) is -5.12. The summed E-state index contributed by atoms with van der Waals surface area (Å²) in [6.45, 7) is 0. The van der Waals surface area contributed by atoms with E-state index in [0.29, 0.717) is 0 Å². The van der Waals surface area contributed by atoms with Crippen LogP contribution < -0.4 is 11.1 Å². The molecule has 15 nitrogen and oxygen atoms in total. The Morgan fingerprint density at radius 2 is 1.74 bits per heavy atom. The number of non-ortho nitro benzene ring substituents is 1. The van der Waals surface area contributed by atoms with Gasteiger partial charge in [0.25, 0.3) is 17.3 Å². The van der Waals surface area contributed by atoms with Gasteiger partial charge in [0, 0.05) is 29.3 Å². The minimum atomic E-state index is -5.12. The number of carbonyl (C=O) groups excluding carboxylic acids is 1. The molecule has 5 rings (SSSR count). The number of fused-ring (bicyclic) bond motifs is 1. The number of nitro benzene ring substituents is 2. The number of benzene rings is 3. The highest BCUT2D eigenvalue weighted by Gasteiger charge is 2.37. The number of nitriles is 1. The number of alkyl halides is 3. The van der Waals surface area contributed by atoms with Crippen molar-refractivity contribution < 1.29 is 36.9 Å². The van der Waals surface area contributed by atoms with Crippen molar-refractivity contribution in [2.75, 3.05) is 5.32 Å². The molecule has 2 heterocycles. The fraction of sp³-hybridized carbons (Fsp3) is 0.0417. The molecule has 0 aliphatic heterocycles. The first-order chi connectivity index (χ1) is 19.9. The van der Waals surface area contributed by atoms with Crippen molar-refractivity contribution in [3.8, 4) is 28.6 Å². The van der Waals surface area contributed by atoms with E-state index in [9.17, 15) is 48.3 Å². The second-order valence-corrected chi connectivity index (χ2v) is 8.41. The molecular formula is C24H10F3N7O8. The molecule has 0 bridgehead atoms. The number of amides is 1. The molecule has 3 aromatic carbocycles. The van der Waals surface area contributed by atoms with Crippen LogP contribution in [0.4, 0.5) is 30.2 Å². The van der Waals surface area contributed by atoms with Crippen LogP contribution >= 0.6 is 0 Å². The molecule has 0 fully saturated rings. The zero-order valence-corrected chi connectivity index (χ0v) is 20.3. The Morgan fingerprint density at radius 1 is 0.976 bits per heavy atom. The number of carbonyl (C=O) groups is 1. The third-order valence-electron chi connectivity index (χ3n) is 5.90.